The average molecular weight is 505 g/mol. The van der Waals surface area contributed by atoms with E-state index in [4.69, 9.17) is 19.8 Å². The molecule has 2 aliphatic heterocycles. The number of carbonyl (C=O) groups is 3. The Hall–Kier alpha value is -3.38. The number of amides is 1. The summed E-state index contributed by atoms with van der Waals surface area (Å²) in [7, 11) is 1.88. The molecule has 4 N–H and O–H groups in total. The van der Waals surface area contributed by atoms with Gasteiger partial charge in [0.15, 0.2) is 5.82 Å². The van der Waals surface area contributed by atoms with Crippen LogP contribution in [0.4, 0.5) is 0 Å². The summed E-state index contributed by atoms with van der Waals surface area (Å²) in [6.07, 6.45) is 7.43. The van der Waals surface area contributed by atoms with Crippen molar-refractivity contribution in [1.82, 2.24) is 30.0 Å². The molecule has 2 aromatic rings. The lowest BCUT2D eigenvalue weighted by atomic mass is 9.95. The lowest BCUT2D eigenvalue weighted by molar-refractivity contribution is -0.135. The quantitative estimate of drug-likeness (QED) is 0.461. The molecular weight excluding hydrogens is 468 g/mol. The molecule has 0 radical (unpaired) electrons. The molecule has 2 saturated heterocycles. The largest absolute Gasteiger partial charge is 0.481 e. The van der Waals surface area contributed by atoms with E-state index in [1.165, 1.54) is 6.42 Å². The van der Waals surface area contributed by atoms with E-state index in [0.29, 0.717) is 30.4 Å². The van der Waals surface area contributed by atoms with Crippen LogP contribution in [0.3, 0.4) is 0 Å². The number of nitrogens with zero attached hydrogens (tertiary/aromatic N) is 5. The third-order valence-corrected chi connectivity index (χ3v) is 6.02. The van der Waals surface area contributed by atoms with Gasteiger partial charge in [0.25, 0.3) is 17.8 Å². The highest BCUT2D eigenvalue weighted by Gasteiger charge is 2.28. The number of pyridine rings is 1. The normalized spacial score (nSPS) is 17.4. The van der Waals surface area contributed by atoms with E-state index in [-0.39, 0.29) is 18.4 Å². The van der Waals surface area contributed by atoms with Crippen LogP contribution in [-0.2, 0) is 29.7 Å². The Kier molecular flexibility index (Phi) is 11.4. The van der Waals surface area contributed by atoms with Crippen LogP contribution in [0, 0.1) is 5.92 Å². The highest BCUT2D eigenvalue weighted by Crippen LogP contribution is 2.27. The number of carboxylic acid groups (broad SMARTS) is 2. The van der Waals surface area contributed by atoms with Crippen LogP contribution in [-0.4, -0.2) is 84.0 Å². The number of aliphatic hydroxyl groups is 1. The van der Waals surface area contributed by atoms with Crippen LogP contribution in [0.1, 0.15) is 66.6 Å². The molecule has 0 bridgehead atoms. The zero-order valence-corrected chi connectivity index (χ0v) is 21.1. The molecule has 2 aromatic heterocycles. The molecule has 198 valence electrons. The second-order valence-corrected chi connectivity index (χ2v) is 8.94. The summed E-state index contributed by atoms with van der Waals surface area (Å²) < 4.78 is 1.87. The van der Waals surface area contributed by atoms with Gasteiger partial charge >= 0.3 is 0 Å². The Morgan fingerprint density at radius 2 is 1.69 bits per heavy atom. The van der Waals surface area contributed by atoms with Crippen LogP contribution in [0.2, 0.25) is 0 Å². The molecule has 1 atom stereocenters. The van der Waals surface area contributed by atoms with Gasteiger partial charge in [-0.05, 0) is 56.3 Å². The van der Waals surface area contributed by atoms with Crippen molar-refractivity contribution in [2.75, 3.05) is 26.2 Å². The Balaban J connectivity index is 0.000000501. The molecule has 1 amide bonds. The van der Waals surface area contributed by atoms with Gasteiger partial charge in [0.1, 0.15) is 12.4 Å². The van der Waals surface area contributed by atoms with Crippen molar-refractivity contribution in [3.05, 3.63) is 41.2 Å². The predicted octanol–water partition coefficient (Wildman–Crippen LogP) is 1.06. The van der Waals surface area contributed by atoms with Gasteiger partial charge < -0.3 is 30.1 Å². The summed E-state index contributed by atoms with van der Waals surface area (Å²) in [5.41, 5.74) is 1.83. The first-order chi connectivity index (χ1) is 17.1. The number of aromatic nitrogens is 4. The van der Waals surface area contributed by atoms with Gasteiger partial charge in [-0.2, -0.15) is 0 Å². The summed E-state index contributed by atoms with van der Waals surface area (Å²) in [4.78, 5) is 37.2. The molecule has 0 aromatic carbocycles. The van der Waals surface area contributed by atoms with Crippen LogP contribution in [0.5, 0.6) is 0 Å². The first-order valence-electron chi connectivity index (χ1n) is 11.9. The number of aliphatic hydroxyl groups excluding tert-OH is 1. The lowest BCUT2D eigenvalue weighted by Crippen LogP contribution is -2.38. The maximum atomic E-state index is 13.0. The summed E-state index contributed by atoms with van der Waals surface area (Å²) >= 11 is 0. The van der Waals surface area contributed by atoms with E-state index < -0.39 is 11.9 Å². The second kappa shape index (κ2) is 14.2. The first-order valence-corrected chi connectivity index (χ1v) is 11.9. The summed E-state index contributed by atoms with van der Waals surface area (Å²) in [5, 5.41) is 35.8. The molecule has 0 aliphatic carbocycles. The van der Waals surface area contributed by atoms with Crippen molar-refractivity contribution in [2.45, 2.75) is 52.1 Å². The number of rotatable bonds is 5. The van der Waals surface area contributed by atoms with Crippen LogP contribution < -0.4 is 5.32 Å². The molecule has 0 saturated carbocycles. The molecule has 2 aliphatic rings. The van der Waals surface area contributed by atoms with E-state index >= 15 is 0 Å². The highest BCUT2D eigenvalue weighted by atomic mass is 16.4. The molecule has 36 heavy (non-hydrogen) atoms. The van der Waals surface area contributed by atoms with Gasteiger partial charge in [0.05, 0.1) is 5.56 Å². The minimum absolute atomic E-state index is 0.0614. The Bertz CT molecular complexity index is 992. The van der Waals surface area contributed by atoms with Crippen LogP contribution in [0.15, 0.2) is 18.5 Å². The fourth-order valence-corrected chi connectivity index (χ4v) is 4.33. The third kappa shape index (κ3) is 9.00. The highest BCUT2D eigenvalue weighted by molar-refractivity contribution is 5.94. The molecule has 4 heterocycles. The van der Waals surface area contributed by atoms with Gasteiger partial charge in [0, 0.05) is 52.3 Å². The first kappa shape index (κ1) is 28.9. The number of likely N-dealkylation sites (tertiary alicyclic amines) is 1. The number of hydrogen-bond acceptors (Lipinski definition) is 8. The number of nitrogens with one attached hydrogen (secondary N) is 1. The number of hydrogen-bond donors (Lipinski definition) is 4. The van der Waals surface area contributed by atoms with E-state index in [0.717, 1.165) is 57.6 Å². The molecule has 1 unspecified atom stereocenters. The number of carboxylic acids is 2. The van der Waals surface area contributed by atoms with Crippen molar-refractivity contribution in [3.63, 3.8) is 0 Å². The van der Waals surface area contributed by atoms with Crippen LogP contribution >= 0.6 is 0 Å². The fraction of sp³-hybridized carbons (Fsp3) is 0.583. The van der Waals surface area contributed by atoms with Crippen molar-refractivity contribution < 1.29 is 29.7 Å². The molecular formula is C24H36N6O6. The molecule has 12 nitrogen and oxygen atoms in total. The van der Waals surface area contributed by atoms with Crippen molar-refractivity contribution >= 4 is 17.8 Å². The number of piperidine rings is 1. The standard InChI is InChI=1S/C20H28N6O2.2C2H4O2/c1-25-18(13-27)23-24-19(25)16-3-6-26(7-4-16)20(28)17-9-15(11-22-12-17)8-14-2-5-21-10-14;2*1-2(3)4/h9,11-12,14,16,21,27H,2-8,10,13H2,1H3;2*1H3,(H,3,4). The predicted molar refractivity (Wildman–Crippen MR) is 130 cm³/mol. The number of aliphatic carboxylic acids is 2. The zero-order chi connectivity index (χ0) is 26.7. The van der Waals surface area contributed by atoms with Gasteiger partial charge in [-0.25, -0.2) is 0 Å². The van der Waals surface area contributed by atoms with Crippen molar-refractivity contribution in [1.29, 1.82) is 0 Å². The SMILES string of the molecule is CC(=O)O.CC(=O)O.Cn1c(CO)nnc1C1CCN(C(=O)c2cncc(CC3CCNC3)c2)CC1. The monoisotopic (exact) mass is 504 g/mol. The molecule has 0 spiro atoms. The zero-order valence-electron chi connectivity index (χ0n) is 21.1. The maximum absolute atomic E-state index is 13.0. The molecule has 4 rings (SSSR count). The van der Waals surface area contributed by atoms with Crippen molar-refractivity contribution in [2.24, 2.45) is 13.0 Å². The Morgan fingerprint density at radius 1 is 1.06 bits per heavy atom. The smallest absolute Gasteiger partial charge is 0.300 e. The van der Waals surface area contributed by atoms with E-state index in [2.05, 4.69) is 20.5 Å². The minimum Gasteiger partial charge on any atom is -0.481 e. The van der Waals surface area contributed by atoms with E-state index in [1.54, 1.807) is 6.20 Å². The van der Waals surface area contributed by atoms with Crippen LogP contribution in [0.25, 0.3) is 0 Å². The topological polar surface area (TPSA) is 171 Å². The van der Waals surface area contributed by atoms with E-state index in [1.807, 2.05) is 28.8 Å². The molecule has 12 heteroatoms. The fourth-order valence-electron chi connectivity index (χ4n) is 4.33. The van der Waals surface area contributed by atoms with Crippen molar-refractivity contribution in [3.8, 4) is 0 Å². The maximum Gasteiger partial charge on any atom is 0.300 e. The average Bonchev–Trinajstić information content (AvgIpc) is 3.47. The minimum atomic E-state index is -0.833. The Morgan fingerprint density at radius 3 is 2.22 bits per heavy atom. The van der Waals surface area contributed by atoms with Gasteiger partial charge in [-0.1, -0.05) is 0 Å². The second-order valence-electron chi connectivity index (χ2n) is 8.94. The molecule has 2 fully saturated rings. The van der Waals surface area contributed by atoms with Gasteiger partial charge in [-0.3, -0.25) is 19.4 Å². The van der Waals surface area contributed by atoms with Gasteiger partial charge in [-0.15, -0.1) is 10.2 Å². The van der Waals surface area contributed by atoms with Gasteiger partial charge in [0.2, 0.25) is 0 Å². The lowest BCUT2D eigenvalue weighted by Gasteiger charge is -2.31. The third-order valence-electron chi connectivity index (χ3n) is 6.02. The van der Waals surface area contributed by atoms with E-state index in [9.17, 15) is 9.90 Å². The number of carbonyl (C=O) groups excluding carboxylic acids is 1. The summed E-state index contributed by atoms with van der Waals surface area (Å²) in [6.45, 7) is 5.58. The summed E-state index contributed by atoms with van der Waals surface area (Å²) in [5.74, 6) is 0.768. The summed E-state index contributed by atoms with van der Waals surface area (Å²) in [6, 6.07) is 2.01. The Labute approximate surface area is 210 Å².